The summed E-state index contributed by atoms with van der Waals surface area (Å²) in [4.78, 5) is 5.90. The van der Waals surface area contributed by atoms with Crippen LogP contribution in [0.25, 0.3) is 9.75 Å². The molecule has 2 aromatic heterocycles. The molecule has 0 unspecified atom stereocenters. The first-order valence-corrected chi connectivity index (χ1v) is 8.91. The second-order valence-corrected chi connectivity index (χ2v) is 7.88. The van der Waals surface area contributed by atoms with Crippen molar-refractivity contribution in [2.24, 2.45) is 0 Å². The highest BCUT2D eigenvalue weighted by atomic mass is 32.1. The zero-order valence-corrected chi connectivity index (χ0v) is 14.1. The molecule has 2 heteroatoms. The van der Waals surface area contributed by atoms with Crippen molar-refractivity contribution >= 4 is 22.7 Å². The third kappa shape index (κ3) is 3.70. The third-order valence-corrected chi connectivity index (χ3v) is 6.05. The smallest absolute Gasteiger partial charge is 0.0477 e. The van der Waals surface area contributed by atoms with Crippen LogP contribution < -0.4 is 0 Å². The Morgan fingerprint density at radius 1 is 0.947 bits per heavy atom. The number of hydrogen-bond acceptors (Lipinski definition) is 2. The van der Waals surface area contributed by atoms with Gasteiger partial charge in [0, 0.05) is 19.5 Å². The summed E-state index contributed by atoms with van der Waals surface area (Å²) in [5.74, 6) is 0. The lowest BCUT2D eigenvalue weighted by Gasteiger charge is -2.01. The van der Waals surface area contributed by atoms with Gasteiger partial charge in [0.15, 0.2) is 0 Å². The zero-order valence-electron chi connectivity index (χ0n) is 12.5. The molecule has 0 spiro atoms. The van der Waals surface area contributed by atoms with Crippen molar-refractivity contribution in [2.45, 2.75) is 59.8 Å². The average molecular weight is 293 g/mol. The molecule has 2 rings (SSSR count). The van der Waals surface area contributed by atoms with E-state index in [0.29, 0.717) is 0 Å². The maximum Gasteiger partial charge on any atom is 0.0477 e. The van der Waals surface area contributed by atoms with E-state index in [1.165, 1.54) is 57.2 Å². The van der Waals surface area contributed by atoms with Crippen molar-refractivity contribution in [3.05, 3.63) is 33.0 Å². The van der Waals surface area contributed by atoms with Crippen LogP contribution in [0.5, 0.6) is 0 Å². The third-order valence-electron chi connectivity index (χ3n) is 3.62. The van der Waals surface area contributed by atoms with Crippen LogP contribution in [-0.4, -0.2) is 0 Å². The zero-order chi connectivity index (χ0) is 13.8. The topological polar surface area (TPSA) is 0 Å². The Kier molecular flexibility index (Phi) is 5.23. The van der Waals surface area contributed by atoms with E-state index in [4.69, 9.17) is 0 Å². The van der Waals surface area contributed by atoms with E-state index >= 15 is 0 Å². The Bertz CT molecular complexity index is 512. The van der Waals surface area contributed by atoms with E-state index in [0.717, 1.165) is 0 Å². The van der Waals surface area contributed by atoms with Crippen LogP contribution in [0.1, 0.15) is 53.5 Å². The molecule has 0 nitrogen and oxygen atoms in total. The summed E-state index contributed by atoms with van der Waals surface area (Å²) in [7, 11) is 0. The van der Waals surface area contributed by atoms with Crippen molar-refractivity contribution in [3.8, 4) is 9.75 Å². The number of unbranched alkanes of at least 4 members (excludes halogenated alkanes) is 3. The molecule has 0 bridgehead atoms. The number of rotatable bonds is 6. The number of hydrogen-bond donors (Lipinski definition) is 0. The lowest BCUT2D eigenvalue weighted by Crippen LogP contribution is -1.85. The molecule has 0 radical (unpaired) electrons. The maximum absolute atomic E-state index is 2.40. The van der Waals surface area contributed by atoms with Crippen LogP contribution in [0.4, 0.5) is 0 Å². The van der Waals surface area contributed by atoms with Crippen LogP contribution in [0.15, 0.2) is 12.1 Å². The van der Waals surface area contributed by atoms with Crippen LogP contribution in [0.3, 0.4) is 0 Å². The van der Waals surface area contributed by atoms with Gasteiger partial charge < -0.3 is 0 Å². The molecular weight excluding hydrogens is 268 g/mol. The first-order valence-electron chi connectivity index (χ1n) is 7.28. The Morgan fingerprint density at radius 3 is 2.37 bits per heavy atom. The van der Waals surface area contributed by atoms with Gasteiger partial charge in [-0.15, -0.1) is 22.7 Å². The molecule has 0 aliphatic heterocycles. The molecule has 2 aromatic rings. The van der Waals surface area contributed by atoms with Crippen molar-refractivity contribution in [2.75, 3.05) is 0 Å². The quantitative estimate of drug-likeness (QED) is 0.531. The standard InChI is InChI=1S/C17H24S2/c1-5-6-7-8-9-15-11-13(3)18-17(15)16-10-12(2)14(4)19-16/h10-11H,5-9H2,1-4H3. The summed E-state index contributed by atoms with van der Waals surface area (Å²) in [6, 6.07) is 4.76. The maximum atomic E-state index is 2.40. The molecular formula is C17H24S2. The van der Waals surface area contributed by atoms with E-state index in [1.807, 2.05) is 22.7 Å². The summed E-state index contributed by atoms with van der Waals surface area (Å²) in [5, 5.41) is 0. The van der Waals surface area contributed by atoms with Gasteiger partial charge in [-0.05, 0) is 56.9 Å². The molecule has 0 aliphatic carbocycles. The fraction of sp³-hybridized carbons (Fsp3) is 0.529. The van der Waals surface area contributed by atoms with Crippen LogP contribution >= 0.6 is 22.7 Å². The SMILES string of the molecule is CCCCCCc1cc(C)sc1-c1cc(C)c(C)s1. The number of aryl methyl sites for hydroxylation is 4. The molecule has 0 saturated carbocycles. The Labute approximate surface area is 125 Å². The second-order valence-electron chi connectivity index (χ2n) is 5.37. The first kappa shape index (κ1) is 14.8. The monoisotopic (exact) mass is 292 g/mol. The Balaban J connectivity index is 2.16. The normalized spacial score (nSPS) is 11.2. The van der Waals surface area contributed by atoms with Gasteiger partial charge in [-0.2, -0.15) is 0 Å². The minimum absolute atomic E-state index is 1.25. The van der Waals surface area contributed by atoms with Gasteiger partial charge in [-0.3, -0.25) is 0 Å². The molecule has 0 fully saturated rings. The van der Waals surface area contributed by atoms with Crippen molar-refractivity contribution in [1.29, 1.82) is 0 Å². The lowest BCUT2D eigenvalue weighted by atomic mass is 10.1. The van der Waals surface area contributed by atoms with Crippen LogP contribution in [0.2, 0.25) is 0 Å². The molecule has 2 heterocycles. The van der Waals surface area contributed by atoms with E-state index in [-0.39, 0.29) is 0 Å². The second kappa shape index (κ2) is 6.71. The molecule has 0 atom stereocenters. The predicted octanol–water partition coefficient (Wildman–Crippen LogP) is 6.52. The molecule has 0 aromatic carbocycles. The summed E-state index contributed by atoms with van der Waals surface area (Å²) in [6.07, 6.45) is 6.64. The van der Waals surface area contributed by atoms with Gasteiger partial charge in [-0.25, -0.2) is 0 Å². The van der Waals surface area contributed by atoms with Gasteiger partial charge in [0.05, 0.1) is 0 Å². The molecule has 0 N–H and O–H groups in total. The van der Waals surface area contributed by atoms with E-state index in [2.05, 4.69) is 39.8 Å². The molecule has 19 heavy (non-hydrogen) atoms. The van der Waals surface area contributed by atoms with Crippen molar-refractivity contribution in [1.82, 2.24) is 0 Å². The summed E-state index contributed by atoms with van der Waals surface area (Å²) in [6.45, 7) is 8.95. The van der Waals surface area contributed by atoms with Gasteiger partial charge in [-0.1, -0.05) is 26.2 Å². The van der Waals surface area contributed by atoms with Crippen LogP contribution in [-0.2, 0) is 6.42 Å². The fourth-order valence-corrected chi connectivity index (χ4v) is 4.62. The largest absolute Gasteiger partial charge is 0.139 e. The average Bonchev–Trinajstić information content (AvgIpc) is 2.89. The minimum Gasteiger partial charge on any atom is -0.139 e. The van der Waals surface area contributed by atoms with Gasteiger partial charge in [0.2, 0.25) is 0 Å². The van der Waals surface area contributed by atoms with Gasteiger partial charge in [0.25, 0.3) is 0 Å². The highest BCUT2D eigenvalue weighted by molar-refractivity contribution is 7.22. The molecule has 0 saturated heterocycles. The lowest BCUT2D eigenvalue weighted by molar-refractivity contribution is 0.668. The number of thiophene rings is 2. The highest BCUT2D eigenvalue weighted by Crippen LogP contribution is 2.38. The molecule has 0 amide bonds. The van der Waals surface area contributed by atoms with Gasteiger partial charge in [0.1, 0.15) is 0 Å². The predicted molar refractivity (Wildman–Crippen MR) is 89.7 cm³/mol. The summed E-state index contributed by atoms with van der Waals surface area (Å²) in [5.41, 5.74) is 3.00. The van der Waals surface area contributed by atoms with Gasteiger partial charge >= 0.3 is 0 Å². The van der Waals surface area contributed by atoms with Crippen LogP contribution in [0, 0.1) is 20.8 Å². The highest BCUT2D eigenvalue weighted by Gasteiger charge is 2.12. The van der Waals surface area contributed by atoms with Crippen molar-refractivity contribution in [3.63, 3.8) is 0 Å². The summed E-state index contributed by atoms with van der Waals surface area (Å²) >= 11 is 3.91. The first-order chi connectivity index (χ1) is 9.11. The Hall–Kier alpha value is -0.600. The Morgan fingerprint density at radius 2 is 1.74 bits per heavy atom. The minimum atomic E-state index is 1.25. The summed E-state index contributed by atoms with van der Waals surface area (Å²) < 4.78 is 0. The van der Waals surface area contributed by atoms with E-state index < -0.39 is 0 Å². The molecule has 0 aliphatic rings. The van der Waals surface area contributed by atoms with E-state index in [1.54, 1.807) is 5.56 Å². The fourth-order valence-electron chi connectivity index (χ4n) is 2.39. The van der Waals surface area contributed by atoms with E-state index in [9.17, 15) is 0 Å². The molecule has 104 valence electrons. The van der Waals surface area contributed by atoms with Crippen molar-refractivity contribution < 1.29 is 0 Å².